The van der Waals surface area contributed by atoms with Crippen molar-refractivity contribution in [3.05, 3.63) is 71.2 Å². The minimum absolute atomic E-state index is 0.0720. The molecule has 8 heteroatoms. The Morgan fingerprint density at radius 3 is 2.72 bits per heavy atom. The van der Waals surface area contributed by atoms with Crippen LogP contribution in [0.25, 0.3) is 0 Å². The van der Waals surface area contributed by atoms with Crippen molar-refractivity contribution in [3.8, 4) is 0 Å². The van der Waals surface area contributed by atoms with Gasteiger partial charge >= 0.3 is 7.12 Å². The molecule has 0 bridgehead atoms. The maximum atomic E-state index is 13.4. The molecule has 1 aromatic heterocycles. The van der Waals surface area contributed by atoms with Crippen LogP contribution in [0.1, 0.15) is 23.7 Å². The van der Waals surface area contributed by atoms with Gasteiger partial charge in [-0.2, -0.15) is 4.98 Å². The van der Waals surface area contributed by atoms with Gasteiger partial charge in [0, 0.05) is 30.0 Å². The molecule has 2 heterocycles. The number of fused-ring (bicyclic) bond motifs is 1. The molecule has 1 aliphatic rings. The second kappa shape index (κ2) is 7.81. The number of aryl methyl sites for hydroxylation is 1. The van der Waals surface area contributed by atoms with Crippen molar-refractivity contribution < 1.29 is 14.4 Å². The van der Waals surface area contributed by atoms with Crippen LogP contribution in [-0.4, -0.2) is 33.2 Å². The van der Waals surface area contributed by atoms with Crippen molar-refractivity contribution in [2.45, 2.75) is 32.9 Å². The molecule has 0 radical (unpaired) electrons. The SMILES string of the molecule is Cc1cc(NCc2cccc(F)c2)nc(N2c3cccc(B(O)O)c3CC2C)n1. The molecule has 0 amide bonds. The number of aromatic nitrogens is 2. The van der Waals surface area contributed by atoms with Crippen LogP contribution in [0.15, 0.2) is 48.5 Å². The van der Waals surface area contributed by atoms with E-state index in [0.717, 1.165) is 22.5 Å². The van der Waals surface area contributed by atoms with Crippen molar-refractivity contribution >= 4 is 30.0 Å². The van der Waals surface area contributed by atoms with E-state index in [-0.39, 0.29) is 11.9 Å². The fraction of sp³-hybridized carbons (Fsp3) is 0.238. The number of benzene rings is 2. The summed E-state index contributed by atoms with van der Waals surface area (Å²) in [5, 5.41) is 22.6. The first kappa shape index (κ1) is 19.4. The third-order valence-corrected chi connectivity index (χ3v) is 5.09. The minimum atomic E-state index is -1.51. The Bertz CT molecular complexity index is 1050. The second-order valence-corrected chi connectivity index (χ2v) is 7.32. The zero-order chi connectivity index (χ0) is 20.5. The summed E-state index contributed by atoms with van der Waals surface area (Å²) in [4.78, 5) is 11.3. The Kier molecular flexibility index (Phi) is 5.21. The molecule has 1 atom stereocenters. The average Bonchev–Trinajstić information content (AvgIpc) is 3.01. The lowest BCUT2D eigenvalue weighted by Gasteiger charge is -2.23. The van der Waals surface area contributed by atoms with E-state index in [4.69, 9.17) is 0 Å². The number of halogens is 1. The molecule has 1 unspecified atom stereocenters. The highest BCUT2D eigenvalue weighted by Gasteiger charge is 2.33. The first-order valence-electron chi connectivity index (χ1n) is 9.53. The van der Waals surface area contributed by atoms with Gasteiger partial charge in [-0.1, -0.05) is 24.3 Å². The van der Waals surface area contributed by atoms with Crippen molar-refractivity contribution in [2.75, 3.05) is 10.2 Å². The van der Waals surface area contributed by atoms with Crippen LogP contribution in [0.4, 0.5) is 21.8 Å². The van der Waals surface area contributed by atoms with Crippen LogP contribution in [-0.2, 0) is 13.0 Å². The lowest BCUT2D eigenvalue weighted by Crippen LogP contribution is -2.32. The van der Waals surface area contributed by atoms with Gasteiger partial charge in [-0.3, -0.25) is 0 Å². The number of rotatable bonds is 5. The number of anilines is 3. The molecule has 1 aliphatic heterocycles. The molecule has 6 nitrogen and oxygen atoms in total. The van der Waals surface area contributed by atoms with Crippen LogP contribution < -0.4 is 15.7 Å². The molecule has 29 heavy (non-hydrogen) atoms. The summed E-state index contributed by atoms with van der Waals surface area (Å²) in [6.45, 7) is 4.40. The fourth-order valence-electron chi connectivity index (χ4n) is 3.80. The van der Waals surface area contributed by atoms with Gasteiger partial charge in [0.25, 0.3) is 0 Å². The molecule has 0 fully saturated rings. The highest BCUT2D eigenvalue weighted by atomic mass is 19.1. The lowest BCUT2D eigenvalue weighted by molar-refractivity contribution is 0.425. The first-order valence-corrected chi connectivity index (χ1v) is 9.53. The smallest absolute Gasteiger partial charge is 0.423 e. The largest absolute Gasteiger partial charge is 0.488 e. The predicted octanol–water partition coefficient (Wildman–Crippen LogP) is 2.30. The van der Waals surface area contributed by atoms with Crippen molar-refractivity contribution in [3.63, 3.8) is 0 Å². The van der Waals surface area contributed by atoms with Gasteiger partial charge in [-0.25, -0.2) is 9.37 Å². The molecule has 3 aromatic rings. The van der Waals surface area contributed by atoms with E-state index in [9.17, 15) is 14.4 Å². The average molecular weight is 392 g/mol. The molecule has 0 aliphatic carbocycles. The molecule has 2 aromatic carbocycles. The molecule has 0 saturated heterocycles. The van der Waals surface area contributed by atoms with E-state index in [1.807, 2.05) is 30.0 Å². The van der Waals surface area contributed by atoms with Gasteiger partial charge in [0.15, 0.2) is 0 Å². The summed E-state index contributed by atoms with van der Waals surface area (Å²) in [7, 11) is -1.51. The molecule has 3 N–H and O–H groups in total. The van der Waals surface area contributed by atoms with E-state index in [0.29, 0.717) is 30.2 Å². The Labute approximate surface area is 169 Å². The second-order valence-electron chi connectivity index (χ2n) is 7.32. The van der Waals surface area contributed by atoms with E-state index in [2.05, 4.69) is 22.2 Å². The third-order valence-electron chi connectivity index (χ3n) is 5.09. The molecular formula is C21H22BFN4O2. The molecule has 0 spiro atoms. The number of nitrogens with zero attached hydrogens (tertiary/aromatic N) is 3. The standard InChI is InChI=1S/C21H22BFN4O2/c1-13-9-20(24-12-15-5-3-6-16(23)11-15)26-21(25-13)27-14(2)10-17-18(22(28)29)7-4-8-19(17)27/h3-9,11,14,28-29H,10,12H2,1-2H3,(H,24,25,26). The maximum Gasteiger partial charge on any atom is 0.488 e. The number of hydrogen-bond acceptors (Lipinski definition) is 6. The van der Waals surface area contributed by atoms with E-state index >= 15 is 0 Å². The van der Waals surface area contributed by atoms with Crippen LogP contribution >= 0.6 is 0 Å². The highest BCUT2D eigenvalue weighted by Crippen LogP contribution is 2.36. The first-order chi connectivity index (χ1) is 13.9. The predicted molar refractivity (Wildman–Crippen MR) is 112 cm³/mol. The van der Waals surface area contributed by atoms with Gasteiger partial charge in [0.05, 0.1) is 0 Å². The van der Waals surface area contributed by atoms with Crippen molar-refractivity contribution in [2.24, 2.45) is 0 Å². The lowest BCUT2D eigenvalue weighted by atomic mass is 9.76. The summed E-state index contributed by atoms with van der Waals surface area (Å²) in [6.07, 6.45) is 0.673. The van der Waals surface area contributed by atoms with E-state index in [1.165, 1.54) is 12.1 Å². The van der Waals surface area contributed by atoms with Crippen LogP contribution in [0.3, 0.4) is 0 Å². The van der Waals surface area contributed by atoms with Gasteiger partial charge in [-0.05, 0) is 55.1 Å². The normalized spacial score (nSPS) is 15.3. The Balaban J connectivity index is 1.64. The summed E-state index contributed by atoms with van der Waals surface area (Å²) in [5.41, 5.74) is 3.91. The van der Waals surface area contributed by atoms with Gasteiger partial charge < -0.3 is 20.3 Å². The van der Waals surface area contributed by atoms with E-state index in [1.54, 1.807) is 18.2 Å². The van der Waals surface area contributed by atoms with E-state index < -0.39 is 7.12 Å². The Morgan fingerprint density at radius 2 is 1.97 bits per heavy atom. The van der Waals surface area contributed by atoms with Crippen LogP contribution in [0.2, 0.25) is 0 Å². The Morgan fingerprint density at radius 1 is 1.17 bits per heavy atom. The maximum absolute atomic E-state index is 13.4. The third kappa shape index (κ3) is 3.94. The van der Waals surface area contributed by atoms with Gasteiger partial charge in [0.2, 0.25) is 5.95 Å². The van der Waals surface area contributed by atoms with Crippen molar-refractivity contribution in [1.82, 2.24) is 9.97 Å². The van der Waals surface area contributed by atoms with Crippen LogP contribution in [0, 0.1) is 12.7 Å². The molecule has 4 rings (SSSR count). The zero-order valence-electron chi connectivity index (χ0n) is 16.3. The quantitative estimate of drug-likeness (QED) is 0.579. The molecule has 148 valence electrons. The minimum Gasteiger partial charge on any atom is -0.423 e. The molecular weight excluding hydrogens is 370 g/mol. The summed E-state index contributed by atoms with van der Waals surface area (Å²) < 4.78 is 13.4. The highest BCUT2D eigenvalue weighted by molar-refractivity contribution is 6.59. The summed E-state index contributed by atoms with van der Waals surface area (Å²) >= 11 is 0. The molecule has 0 saturated carbocycles. The summed E-state index contributed by atoms with van der Waals surface area (Å²) in [5.74, 6) is 0.923. The van der Waals surface area contributed by atoms with Gasteiger partial charge in [-0.15, -0.1) is 0 Å². The summed E-state index contributed by atoms with van der Waals surface area (Å²) in [6, 6.07) is 13.8. The monoisotopic (exact) mass is 392 g/mol. The fourth-order valence-corrected chi connectivity index (χ4v) is 3.80. The number of hydrogen-bond donors (Lipinski definition) is 3. The van der Waals surface area contributed by atoms with Gasteiger partial charge in [0.1, 0.15) is 11.6 Å². The topological polar surface area (TPSA) is 81.5 Å². The van der Waals surface area contributed by atoms with Crippen LogP contribution in [0.5, 0.6) is 0 Å². The number of nitrogens with one attached hydrogen (secondary N) is 1. The zero-order valence-corrected chi connectivity index (χ0v) is 16.3. The van der Waals surface area contributed by atoms with Crippen molar-refractivity contribution in [1.29, 1.82) is 0 Å². The Hall–Kier alpha value is -2.97.